The summed E-state index contributed by atoms with van der Waals surface area (Å²) < 4.78 is 6.00. The first kappa shape index (κ1) is 19.9. The summed E-state index contributed by atoms with van der Waals surface area (Å²) in [6.45, 7) is 3.02. The van der Waals surface area contributed by atoms with E-state index in [2.05, 4.69) is 36.5 Å². The summed E-state index contributed by atoms with van der Waals surface area (Å²) in [6, 6.07) is 19.5. The topological polar surface area (TPSA) is 21.3 Å². The van der Waals surface area contributed by atoms with Crippen LogP contribution in [0, 0.1) is 0 Å². The molecule has 5 heteroatoms. The Morgan fingerprint density at radius 2 is 1.59 bits per heavy atom. The lowest BCUT2D eigenvalue weighted by molar-refractivity contribution is 0.303. The molecule has 3 aromatic rings. The molecule has 2 nitrogen and oxygen atoms in total. The predicted octanol–water partition coefficient (Wildman–Crippen LogP) is 7.40. The van der Waals surface area contributed by atoms with Crippen molar-refractivity contribution >= 4 is 40.5 Å². The van der Waals surface area contributed by atoms with E-state index >= 15 is 0 Å². The van der Waals surface area contributed by atoms with Gasteiger partial charge in [-0.2, -0.15) is 0 Å². The van der Waals surface area contributed by atoms with Gasteiger partial charge in [0.25, 0.3) is 0 Å². The molecule has 1 N–H and O–H groups in total. The van der Waals surface area contributed by atoms with Crippen LogP contribution in [-0.2, 0) is 19.6 Å². The third-order valence-electron chi connectivity index (χ3n) is 4.26. The van der Waals surface area contributed by atoms with E-state index in [0.717, 1.165) is 23.2 Å². The van der Waals surface area contributed by atoms with Crippen molar-refractivity contribution in [3.05, 3.63) is 92.4 Å². The summed E-state index contributed by atoms with van der Waals surface area (Å²) in [5.74, 6) is 0.610. The summed E-state index contributed by atoms with van der Waals surface area (Å²) in [5, 5.41) is 5.11. The van der Waals surface area contributed by atoms with Gasteiger partial charge in [0.15, 0.2) is 0 Å². The third-order valence-corrected chi connectivity index (χ3v) is 5.13. The molecule has 0 aromatic heterocycles. The number of anilines is 1. The number of hydrogen-bond acceptors (Lipinski definition) is 2. The largest absolute Gasteiger partial charge is 0.487 e. The van der Waals surface area contributed by atoms with E-state index in [-0.39, 0.29) is 0 Å². The Balaban J connectivity index is 1.76. The fourth-order valence-corrected chi connectivity index (χ4v) is 3.51. The van der Waals surface area contributed by atoms with Crippen molar-refractivity contribution in [2.75, 3.05) is 5.32 Å². The molecule has 0 heterocycles. The van der Waals surface area contributed by atoms with Crippen LogP contribution in [-0.4, -0.2) is 0 Å². The number of rotatable bonds is 7. The van der Waals surface area contributed by atoms with Gasteiger partial charge in [0.1, 0.15) is 12.4 Å². The van der Waals surface area contributed by atoms with Gasteiger partial charge >= 0.3 is 0 Å². The Morgan fingerprint density at radius 3 is 2.30 bits per heavy atom. The molecule has 140 valence electrons. The average molecular weight is 421 g/mol. The Hall–Kier alpha value is -1.87. The normalized spacial score (nSPS) is 10.7. The van der Waals surface area contributed by atoms with Gasteiger partial charge in [-0.05, 0) is 42.3 Å². The monoisotopic (exact) mass is 419 g/mol. The Kier molecular flexibility index (Phi) is 6.89. The van der Waals surface area contributed by atoms with Gasteiger partial charge < -0.3 is 10.1 Å². The van der Waals surface area contributed by atoms with Crippen LogP contribution in [0.3, 0.4) is 0 Å². The Morgan fingerprint density at radius 1 is 0.852 bits per heavy atom. The van der Waals surface area contributed by atoms with Gasteiger partial charge in [-0.25, -0.2) is 0 Å². The maximum Gasteiger partial charge on any atom is 0.143 e. The van der Waals surface area contributed by atoms with Crippen LogP contribution in [0.1, 0.15) is 23.6 Å². The van der Waals surface area contributed by atoms with E-state index in [0.29, 0.717) is 34.0 Å². The molecule has 3 rings (SSSR count). The van der Waals surface area contributed by atoms with Crippen molar-refractivity contribution in [1.29, 1.82) is 0 Å². The zero-order valence-corrected chi connectivity index (χ0v) is 17.2. The summed E-state index contributed by atoms with van der Waals surface area (Å²) in [4.78, 5) is 0. The molecule has 0 spiro atoms. The van der Waals surface area contributed by atoms with E-state index in [1.165, 1.54) is 5.56 Å². The van der Waals surface area contributed by atoms with Crippen LogP contribution in [0.4, 0.5) is 5.69 Å². The molecule has 0 fully saturated rings. The molecule has 0 saturated carbocycles. The Labute approximate surface area is 175 Å². The quantitative estimate of drug-likeness (QED) is 0.430. The highest BCUT2D eigenvalue weighted by Gasteiger charge is 2.12. The highest BCUT2D eigenvalue weighted by molar-refractivity contribution is 6.35. The van der Waals surface area contributed by atoms with E-state index in [1.807, 2.05) is 30.3 Å². The van der Waals surface area contributed by atoms with E-state index in [9.17, 15) is 0 Å². The minimum atomic E-state index is 0.333. The summed E-state index contributed by atoms with van der Waals surface area (Å²) in [6.07, 6.45) is 1.02. The number of hydrogen-bond donors (Lipinski definition) is 1. The molecule has 0 atom stereocenters. The molecule has 0 unspecified atom stereocenters. The van der Waals surface area contributed by atoms with Crippen LogP contribution in [0.25, 0.3) is 0 Å². The van der Waals surface area contributed by atoms with E-state index in [4.69, 9.17) is 39.5 Å². The molecule has 0 aliphatic carbocycles. The summed E-state index contributed by atoms with van der Waals surface area (Å²) >= 11 is 18.8. The van der Waals surface area contributed by atoms with Gasteiger partial charge in [-0.15, -0.1) is 0 Å². The van der Waals surface area contributed by atoms with Crippen molar-refractivity contribution < 1.29 is 4.74 Å². The summed E-state index contributed by atoms with van der Waals surface area (Å²) in [7, 11) is 0. The van der Waals surface area contributed by atoms with E-state index < -0.39 is 0 Å². The number of benzene rings is 3. The van der Waals surface area contributed by atoms with Crippen molar-refractivity contribution in [2.45, 2.75) is 26.5 Å². The first-order valence-corrected chi connectivity index (χ1v) is 9.87. The average Bonchev–Trinajstić information content (AvgIpc) is 2.67. The Bertz CT molecular complexity index is 910. The summed E-state index contributed by atoms with van der Waals surface area (Å²) in [5.41, 5.74) is 4.12. The fourth-order valence-electron chi connectivity index (χ4n) is 2.73. The first-order valence-electron chi connectivity index (χ1n) is 8.73. The van der Waals surface area contributed by atoms with Crippen LogP contribution in [0.5, 0.6) is 5.75 Å². The molecular weight excluding hydrogens is 401 g/mol. The molecule has 0 radical (unpaired) electrons. The maximum atomic E-state index is 6.39. The van der Waals surface area contributed by atoms with Crippen molar-refractivity contribution in [3.63, 3.8) is 0 Å². The number of halogens is 3. The second-order valence-electron chi connectivity index (χ2n) is 6.16. The fraction of sp³-hybridized carbons (Fsp3) is 0.182. The smallest absolute Gasteiger partial charge is 0.143 e. The van der Waals surface area contributed by atoms with Gasteiger partial charge in [-0.1, -0.05) is 72.1 Å². The van der Waals surface area contributed by atoms with Crippen molar-refractivity contribution in [1.82, 2.24) is 0 Å². The molecule has 0 bridgehead atoms. The molecule has 0 saturated heterocycles. The molecule has 0 amide bonds. The highest BCUT2D eigenvalue weighted by Crippen LogP contribution is 2.34. The number of ether oxygens (including phenoxy) is 1. The third kappa shape index (κ3) is 5.32. The predicted molar refractivity (Wildman–Crippen MR) is 115 cm³/mol. The van der Waals surface area contributed by atoms with Crippen LogP contribution in [0.15, 0.2) is 60.7 Å². The lowest BCUT2D eigenvalue weighted by atomic mass is 10.1. The maximum absolute atomic E-state index is 6.39. The van der Waals surface area contributed by atoms with Gasteiger partial charge in [0, 0.05) is 33.4 Å². The minimum absolute atomic E-state index is 0.333. The first-order chi connectivity index (χ1) is 13.1. The molecular formula is C22H20Cl3NO. The lowest BCUT2D eigenvalue weighted by Crippen LogP contribution is -2.05. The molecule has 3 aromatic carbocycles. The molecule has 0 aliphatic heterocycles. The zero-order chi connectivity index (χ0) is 19.2. The van der Waals surface area contributed by atoms with Crippen molar-refractivity contribution in [2.24, 2.45) is 0 Å². The second kappa shape index (κ2) is 9.36. The SMILES string of the molecule is CCc1ccc(NCc2cc(Cl)cc(Cl)c2OCc2ccccc2Cl)cc1. The van der Waals surface area contributed by atoms with Gasteiger partial charge in [-0.3, -0.25) is 0 Å². The van der Waals surface area contributed by atoms with Crippen LogP contribution < -0.4 is 10.1 Å². The number of nitrogens with one attached hydrogen (secondary N) is 1. The van der Waals surface area contributed by atoms with Gasteiger partial charge in [0.05, 0.1) is 5.02 Å². The van der Waals surface area contributed by atoms with Crippen LogP contribution in [0.2, 0.25) is 15.1 Å². The molecule has 0 aliphatic rings. The standard InChI is InChI=1S/C22H20Cl3NO/c1-2-15-7-9-19(10-8-15)26-13-17-11-18(23)12-21(25)22(17)27-14-16-5-3-4-6-20(16)24/h3-12,26H,2,13-14H2,1H3. The highest BCUT2D eigenvalue weighted by atomic mass is 35.5. The number of aryl methyl sites for hydroxylation is 1. The van der Waals surface area contributed by atoms with Crippen molar-refractivity contribution in [3.8, 4) is 5.75 Å². The lowest BCUT2D eigenvalue weighted by Gasteiger charge is -2.16. The van der Waals surface area contributed by atoms with E-state index in [1.54, 1.807) is 6.07 Å². The van der Waals surface area contributed by atoms with Gasteiger partial charge in [0.2, 0.25) is 0 Å². The molecule has 27 heavy (non-hydrogen) atoms. The zero-order valence-electron chi connectivity index (χ0n) is 14.9. The minimum Gasteiger partial charge on any atom is -0.487 e. The van der Waals surface area contributed by atoms with Crippen LogP contribution >= 0.6 is 34.8 Å². The second-order valence-corrected chi connectivity index (χ2v) is 7.41.